The number of benzene rings is 1. The smallest absolute Gasteiger partial charge is 0.0562 e. The van der Waals surface area contributed by atoms with Gasteiger partial charge in [0.05, 0.1) is 6.04 Å². The Balaban J connectivity index is 2.24. The second kappa shape index (κ2) is 3.46. The van der Waals surface area contributed by atoms with E-state index in [2.05, 4.69) is 43.1 Å². The molecule has 0 radical (unpaired) electrons. The van der Waals surface area contributed by atoms with Crippen LogP contribution in [-0.4, -0.2) is 11.8 Å². The molecule has 1 aliphatic rings. The first kappa shape index (κ1) is 8.70. The maximum Gasteiger partial charge on any atom is 0.0562 e. The second-order valence-corrected chi connectivity index (χ2v) is 4.41. The Hall–Kier alpha value is -0.890. The Morgan fingerprint density at radius 1 is 1.54 bits per heavy atom. The molecule has 1 aliphatic heterocycles. The number of rotatable bonds is 1. The van der Waals surface area contributed by atoms with E-state index in [1.54, 1.807) is 0 Å². The van der Waals surface area contributed by atoms with Gasteiger partial charge in [0, 0.05) is 16.3 Å². The zero-order valence-corrected chi connectivity index (χ0v) is 8.53. The second-order valence-electron chi connectivity index (χ2n) is 3.35. The van der Waals surface area contributed by atoms with Crippen molar-refractivity contribution in [2.24, 2.45) is 0 Å². The van der Waals surface area contributed by atoms with Crippen molar-refractivity contribution in [1.29, 1.82) is 0 Å². The molecule has 68 valence electrons. The van der Waals surface area contributed by atoms with E-state index in [9.17, 15) is 0 Å². The monoisotopic (exact) mass is 191 g/mol. The first-order chi connectivity index (χ1) is 6.27. The number of thioether (sulfide) groups is 1. The van der Waals surface area contributed by atoms with E-state index in [4.69, 9.17) is 0 Å². The molecule has 0 amide bonds. The highest BCUT2D eigenvalue weighted by molar-refractivity contribution is 7.99. The van der Waals surface area contributed by atoms with Crippen LogP contribution in [0, 0.1) is 0 Å². The number of anilines is 1. The standard InChI is InChI=1S/C11H13NS/c1-8(2)10-7-13-11-6-4-3-5-9(11)12-10/h3-6,10,12H,1,7H2,2H3. The number of hydrogen-bond acceptors (Lipinski definition) is 2. The van der Waals surface area contributed by atoms with Crippen molar-refractivity contribution in [2.45, 2.75) is 17.9 Å². The van der Waals surface area contributed by atoms with E-state index in [1.165, 1.54) is 16.2 Å². The predicted octanol–water partition coefficient (Wildman–Crippen LogP) is 3.15. The Kier molecular flexibility index (Phi) is 2.32. The number of para-hydroxylation sites is 1. The molecule has 1 nitrogen and oxygen atoms in total. The molecule has 2 heteroatoms. The molecule has 1 atom stereocenters. The quantitative estimate of drug-likeness (QED) is 0.684. The molecular formula is C11H13NS. The van der Waals surface area contributed by atoms with E-state index in [0.717, 1.165) is 5.75 Å². The van der Waals surface area contributed by atoms with Crippen molar-refractivity contribution in [3.8, 4) is 0 Å². The number of hydrogen-bond donors (Lipinski definition) is 1. The lowest BCUT2D eigenvalue weighted by Gasteiger charge is -2.26. The molecule has 13 heavy (non-hydrogen) atoms. The summed E-state index contributed by atoms with van der Waals surface area (Å²) in [6, 6.07) is 8.85. The van der Waals surface area contributed by atoms with Gasteiger partial charge in [-0.15, -0.1) is 11.8 Å². The molecule has 0 bridgehead atoms. The first-order valence-electron chi connectivity index (χ1n) is 4.41. The van der Waals surface area contributed by atoms with Crippen LogP contribution in [0.25, 0.3) is 0 Å². The summed E-state index contributed by atoms with van der Waals surface area (Å²) in [6.07, 6.45) is 0. The SMILES string of the molecule is C=C(C)C1CSc2ccccc2N1. The summed E-state index contributed by atoms with van der Waals surface area (Å²) in [6.45, 7) is 6.05. The van der Waals surface area contributed by atoms with Crippen molar-refractivity contribution in [3.63, 3.8) is 0 Å². The van der Waals surface area contributed by atoms with Crippen LogP contribution in [-0.2, 0) is 0 Å². The molecule has 2 rings (SSSR count). The van der Waals surface area contributed by atoms with Crippen molar-refractivity contribution in [1.82, 2.24) is 0 Å². The summed E-state index contributed by atoms with van der Waals surface area (Å²) in [7, 11) is 0. The molecule has 1 heterocycles. The Morgan fingerprint density at radius 2 is 2.31 bits per heavy atom. The van der Waals surface area contributed by atoms with E-state index in [1.807, 2.05) is 11.8 Å². The fraction of sp³-hybridized carbons (Fsp3) is 0.273. The first-order valence-corrected chi connectivity index (χ1v) is 5.39. The number of nitrogens with one attached hydrogen (secondary N) is 1. The minimum Gasteiger partial charge on any atom is -0.377 e. The normalized spacial score (nSPS) is 20.2. The Morgan fingerprint density at radius 3 is 3.08 bits per heavy atom. The fourth-order valence-electron chi connectivity index (χ4n) is 1.38. The molecular weight excluding hydrogens is 178 g/mol. The number of fused-ring (bicyclic) bond motifs is 1. The largest absolute Gasteiger partial charge is 0.377 e. The molecule has 1 aromatic rings. The molecule has 0 aromatic heterocycles. The molecule has 0 spiro atoms. The van der Waals surface area contributed by atoms with Crippen molar-refractivity contribution in [3.05, 3.63) is 36.4 Å². The Bertz CT molecular complexity index is 333. The van der Waals surface area contributed by atoms with Gasteiger partial charge in [-0.2, -0.15) is 0 Å². The third kappa shape index (κ3) is 1.73. The van der Waals surface area contributed by atoms with Gasteiger partial charge in [-0.05, 0) is 19.1 Å². The van der Waals surface area contributed by atoms with E-state index in [0.29, 0.717) is 6.04 Å². The van der Waals surface area contributed by atoms with Crippen molar-refractivity contribution >= 4 is 17.4 Å². The van der Waals surface area contributed by atoms with Crippen LogP contribution in [0.5, 0.6) is 0 Å². The van der Waals surface area contributed by atoms with Gasteiger partial charge in [0.15, 0.2) is 0 Å². The maximum absolute atomic E-state index is 3.98. The molecule has 0 saturated heterocycles. The fourth-order valence-corrected chi connectivity index (χ4v) is 2.55. The van der Waals surface area contributed by atoms with Gasteiger partial charge in [-0.25, -0.2) is 0 Å². The van der Waals surface area contributed by atoms with Gasteiger partial charge in [0.25, 0.3) is 0 Å². The van der Waals surface area contributed by atoms with Crippen molar-refractivity contribution in [2.75, 3.05) is 11.1 Å². The zero-order valence-electron chi connectivity index (χ0n) is 7.71. The highest BCUT2D eigenvalue weighted by atomic mass is 32.2. The molecule has 0 fully saturated rings. The predicted molar refractivity (Wildman–Crippen MR) is 59.4 cm³/mol. The lowest BCUT2D eigenvalue weighted by atomic mass is 10.1. The van der Waals surface area contributed by atoms with E-state index < -0.39 is 0 Å². The zero-order chi connectivity index (χ0) is 9.26. The van der Waals surface area contributed by atoms with Crippen LogP contribution < -0.4 is 5.32 Å². The van der Waals surface area contributed by atoms with Crippen LogP contribution in [0.15, 0.2) is 41.3 Å². The highest BCUT2D eigenvalue weighted by Crippen LogP contribution is 2.33. The summed E-state index contributed by atoms with van der Waals surface area (Å²) in [4.78, 5) is 1.35. The van der Waals surface area contributed by atoms with Crippen molar-refractivity contribution < 1.29 is 0 Å². The molecule has 1 aromatic carbocycles. The average Bonchev–Trinajstić information content (AvgIpc) is 2.17. The summed E-state index contributed by atoms with van der Waals surface area (Å²) in [5.74, 6) is 1.09. The van der Waals surface area contributed by atoms with Gasteiger partial charge in [-0.1, -0.05) is 24.3 Å². The lowest BCUT2D eigenvalue weighted by Crippen LogP contribution is -2.26. The van der Waals surface area contributed by atoms with Gasteiger partial charge in [0.1, 0.15) is 0 Å². The highest BCUT2D eigenvalue weighted by Gasteiger charge is 2.17. The van der Waals surface area contributed by atoms with Crippen LogP contribution >= 0.6 is 11.8 Å². The average molecular weight is 191 g/mol. The minimum atomic E-state index is 0.430. The molecule has 1 unspecified atom stereocenters. The third-order valence-electron chi connectivity index (χ3n) is 2.22. The van der Waals surface area contributed by atoms with Crippen LogP contribution in [0.2, 0.25) is 0 Å². The summed E-state index contributed by atoms with van der Waals surface area (Å²) >= 11 is 1.90. The lowest BCUT2D eigenvalue weighted by molar-refractivity contribution is 0.923. The summed E-state index contributed by atoms with van der Waals surface area (Å²) in [5.41, 5.74) is 2.45. The van der Waals surface area contributed by atoms with E-state index in [-0.39, 0.29) is 0 Å². The molecule has 1 N–H and O–H groups in total. The van der Waals surface area contributed by atoms with Crippen LogP contribution in [0.3, 0.4) is 0 Å². The Labute approximate surface area is 83.2 Å². The molecule has 0 saturated carbocycles. The van der Waals surface area contributed by atoms with Gasteiger partial charge in [0.2, 0.25) is 0 Å². The maximum atomic E-state index is 3.98. The van der Waals surface area contributed by atoms with E-state index >= 15 is 0 Å². The van der Waals surface area contributed by atoms with Crippen LogP contribution in [0.4, 0.5) is 5.69 Å². The third-order valence-corrected chi connectivity index (χ3v) is 3.38. The minimum absolute atomic E-state index is 0.430. The summed E-state index contributed by atoms with van der Waals surface area (Å²) in [5, 5.41) is 3.48. The molecule has 0 aliphatic carbocycles. The van der Waals surface area contributed by atoms with Crippen LogP contribution in [0.1, 0.15) is 6.92 Å². The van der Waals surface area contributed by atoms with Gasteiger partial charge < -0.3 is 5.32 Å². The topological polar surface area (TPSA) is 12.0 Å². The van der Waals surface area contributed by atoms with Gasteiger partial charge in [-0.3, -0.25) is 0 Å². The summed E-state index contributed by atoms with van der Waals surface area (Å²) < 4.78 is 0. The van der Waals surface area contributed by atoms with Gasteiger partial charge >= 0.3 is 0 Å².